The molecule has 5 N–H and O–H groups in total. The summed E-state index contributed by atoms with van der Waals surface area (Å²) >= 11 is 0. The van der Waals surface area contributed by atoms with Crippen molar-refractivity contribution >= 4 is 5.97 Å². The van der Waals surface area contributed by atoms with E-state index in [-0.39, 0.29) is 37.3 Å². The Kier molecular flexibility index (Phi) is 17.9. The first-order valence-corrected chi connectivity index (χ1v) is 22.6. The summed E-state index contributed by atoms with van der Waals surface area (Å²) in [5, 5.41) is 59.3. The maximum Gasteiger partial charge on any atom is 0.311 e. The molecule has 1 unspecified atom stereocenters. The number of ether oxygens (including phenoxy) is 6. The molecule has 3 aliphatic heterocycles. The topological polar surface area (TPSA) is 180 Å². The van der Waals surface area contributed by atoms with Gasteiger partial charge in [0.25, 0.3) is 0 Å². The molecule has 0 saturated carbocycles. The van der Waals surface area contributed by atoms with E-state index in [9.17, 15) is 30.3 Å². The number of carbonyl (C=O) groups is 1. The van der Waals surface area contributed by atoms with E-state index in [1.54, 1.807) is 34.6 Å². The Labute approximate surface area is 366 Å². The second-order valence-corrected chi connectivity index (χ2v) is 20.0. The molecule has 14 nitrogen and oxygen atoms in total. The Morgan fingerprint density at radius 2 is 1.56 bits per heavy atom. The number of aliphatic hydroxyl groups excluding tert-OH is 3. The Hall–Kier alpha value is -1.79. The van der Waals surface area contributed by atoms with Gasteiger partial charge in [0.1, 0.15) is 30.0 Å². The van der Waals surface area contributed by atoms with Crippen LogP contribution in [0.25, 0.3) is 0 Å². The van der Waals surface area contributed by atoms with Gasteiger partial charge in [-0.15, -0.1) is 0 Å². The minimum Gasteiger partial charge on any atom is -0.459 e. The van der Waals surface area contributed by atoms with Crippen LogP contribution in [0.3, 0.4) is 0 Å². The van der Waals surface area contributed by atoms with Crippen molar-refractivity contribution < 1.29 is 58.7 Å². The van der Waals surface area contributed by atoms with Crippen LogP contribution in [0.4, 0.5) is 0 Å². The average molecular weight is 867 g/mol. The zero-order chi connectivity index (χ0) is 45.9. The average Bonchev–Trinajstić information content (AvgIpc) is 3.19. The Bertz CT molecular complexity index is 1530. The molecule has 3 aliphatic rings. The fraction of sp³-hybridized carbons (Fsp3) is 0.851. The number of aliphatic hydroxyl groups is 5. The number of benzene rings is 1. The molecule has 352 valence electrons. The number of nitrogens with zero attached hydrogens (tertiary/aromatic N) is 2. The molecule has 0 aliphatic carbocycles. The summed E-state index contributed by atoms with van der Waals surface area (Å²) in [6.07, 6.45) is -8.56. The van der Waals surface area contributed by atoms with E-state index in [2.05, 4.69) is 43.0 Å². The third-order valence-electron chi connectivity index (χ3n) is 14.2. The van der Waals surface area contributed by atoms with E-state index >= 15 is 0 Å². The van der Waals surface area contributed by atoms with E-state index < -0.39 is 96.0 Å². The van der Waals surface area contributed by atoms with Crippen molar-refractivity contribution in [2.24, 2.45) is 17.8 Å². The van der Waals surface area contributed by atoms with Crippen molar-refractivity contribution in [1.29, 1.82) is 0 Å². The second kappa shape index (κ2) is 21.0. The van der Waals surface area contributed by atoms with Crippen LogP contribution >= 0.6 is 0 Å². The van der Waals surface area contributed by atoms with Crippen LogP contribution in [0, 0.1) is 17.8 Å². The predicted molar refractivity (Wildman–Crippen MR) is 232 cm³/mol. The smallest absolute Gasteiger partial charge is 0.311 e. The number of likely N-dealkylation sites (N-methyl/N-ethyl adjacent to an activating group) is 2. The number of carbonyl (C=O) groups excluding carboxylic acids is 1. The van der Waals surface area contributed by atoms with Gasteiger partial charge >= 0.3 is 5.97 Å². The van der Waals surface area contributed by atoms with Crippen molar-refractivity contribution in [1.82, 2.24) is 9.80 Å². The van der Waals surface area contributed by atoms with Gasteiger partial charge in [-0.1, -0.05) is 58.9 Å². The number of rotatable bonds is 10. The highest BCUT2D eigenvalue weighted by Gasteiger charge is 2.53. The lowest BCUT2D eigenvalue weighted by atomic mass is 9.77. The minimum absolute atomic E-state index is 0.123. The van der Waals surface area contributed by atoms with Gasteiger partial charge in [-0.2, -0.15) is 0 Å². The normalized spacial score (nSPS) is 44.1. The van der Waals surface area contributed by atoms with Crippen LogP contribution in [0.1, 0.15) is 126 Å². The molecule has 0 spiro atoms. The van der Waals surface area contributed by atoms with Crippen molar-refractivity contribution in [3.63, 3.8) is 0 Å². The Morgan fingerprint density at radius 3 is 2.13 bits per heavy atom. The summed E-state index contributed by atoms with van der Waals surface area (Å²) in [6, 6.07) is 7.61. The van der Waals surface area contributed by atoms with Gasteiger partial charge in [0.2, 0.25) is 0 Å². The molecular weight excluding hydrogens is 785 g/mol. The zero-order valence-corrected chi connectivity index (χ0v) is 39.8. The van der Waals surface area contributed by atoms with Gasteiger partial charge in [-0.05, 0) is 105 Å². The molecule has 0 amide bonds. The summed E-state index contributed by atoms with van der Waals surface area (Å²) in [4.78, 5) is 18.4. The van der Waals surface area contributed by atoms with Gasteiger partial charge in [-0.3, -0.25) is 9.69 Å². The van der Waals surface area contributed by atoms with Crippen molar-refractivity contribution in [2.75, 3.05) is 27.7 Å². The fourth-order valence-electron chi connectivity index (χ4n) is 10.1. The molecule has 1 aromatic rings. The van der Waals surface area contributed by atoms with Gasteiger partial charge in [0, 0.05) is 44.6 Å². The van der Waals surface area contributed by atoms with E-state index in [1.165, 1.54) is 19.6 Å². The predicted octanol–water partition coefficient (Wildman–Crippen LogP) is 4.59. The highest BCUT2D eigenvalue weighted by molar-refractivity contribution is 5.73. The highest BCUT2D eigenvalue weighted by atomic mass is 16.7. The number of hydrogen-bond acceptors (Lipinski definition) is 14. The standard InChI is InChI=1S/C47H82N2O12/c1-16-36-47(12,55)40(51)31(8)48(13)24-27(4)22-45(10,54)42(29(6)39(30(7)43(53)59-36)60-37-23-46(11,56-15)41(52)32(9)58-37)61-44-38(50)35(21-28(5)57-44)49(14)25-33-17-19-34(20-18-33)26(2)3/h17-20,26-32,35-42,44,50-52,54-55H,16,21-25H2,1-15H3/t27-,28-,29+,30-,31-,32+,35+,36-,37?,38-,39+,40-,41+,42-,44+,45-,46-,47-/m1/s1. The van der Waals surface area contributed by atoms with E-state index in [1.807, 2.05) is 46.7 Å². The Balaban J connectivity index is 1.78. The molecule has 3 heterocycles. The van der Waals surface area contributed by atoms with Crippen LogP contribution in [0.2, 0.25) is 0 Å². The van der Waals surface area contributed by atoms with Crippen LogP contribution in [0.5, 0.6) is 0 Å². The third-order valence-corrected chi connectivity index (χ3v) is 14.2. The lowest BCUT2D eigenvalue weighted by Crippen LogP contribution is -2.60. The molecular formula is C47H82N2O12. The zero-order valence-electron chi connectivity index (χ0n) is 39.8. The first kappa shape index (κ1) is 51.8. The van der Waals surface area contributed by atoms with E-state index in [0.717, 1.165) is 5.56 Å². The fourth-order valence-corrected chi connectivity index (χ4v) is 10.1. The highest BCUT2D eigenvalue weighted by Crippen LogP contribution is 2.40. The molecule has 0 bridgehead atoms. The molecule has 1 aromatic carbocycles. The maximum atomic E-state index is 14.4. The summed E-state index contributed by atoms with van der Waals surface area (Å²) < 4.78 is 38.2. The first-order valence-electron chi connectivity index (χ1n) is 22.6. The lowest BCUT2D eigenvalue weighted by Gasteiger charge is -2.49. The van der Waals surface area contributed by atoms with Crippen LogP contribution < -0.4 is 0 Å². The molecule has 0 radical (unpaired) electrons. The molecule has 18 atom stereocenters. The van der Waals surface area contributed by atoms with Crippen LogP contribution in [-0.2, 0) is 39.8 Å². The number of hydrogen-bond donors (Lipinski definition) is 5. The van der Waals surface area contributed by atoms with Crippen molar-refractivity contribution in [3.8, 4) is 0 Å². The van der Waals surface area contributed by atoms with Crippen LogP contribution in [-0.4, -0.2) is 159 Å². The van der Waals surface area contributed by atoms with Gasteiger partial charge < -0.3 is 58.9 Å². The maximum absolute atomic E-state index is 14.4. The van der Waals surface area contributed by atoms with Crippen molar-refractivity contribution in [3.05, 3.63) is 35.4 Å². The molecule has 61 heavy (non-hydrogen) atoms. The first-order chi connectivity index (χ1) is 28.3. The summed E-state index contributed by atoms with van der Waals surface area (Å²) in [7, 11) is 5.34. The number of esters is 1. The molecule has 3 saturated heterocycles. The van der Waals surface area contributed by atoms with E-state index in [0.29, 0.717) is 25.4 Å². The SMILES string of the molecule is CC[C@H]1OC(=O)[C@H](C)[C@@H](OC2C[C@@](C)(OC)[C@@H](O)[C@H](C)O2)[C@H](C)[C@@H](O[C@@H]2O[C@H](C)C[C@H](N(C)Cc3ccc(C(C)C)cc3)[C@H]2O)[C@](C)(O)C[C@@H](C)CN(C)[C@H](C)[C@@H](O)[C@]1(C)O. The minimum atomic E-state index is -1.81. The quantitative estimate of drug-likeness (QED) is 0.206. The molecule has 4 rings (SSSR count). The summed E-state index contributed by atoms with van der Waals surface area (Å²) in [6.45, 7) is 23.1. The largest absolute Gasteiger partial charge is 0.459 e. The van der Waals surface area contributed by atoms with Crippen LogP contribution in [0.15, 0.2) is 24.3 Å². The third kappa shape index (κ3) is 12.1. The number of methoxy groups -OCH3 is 1. The molecule has 0 aromatic heterocycles. The summed E-state index contributed by atoms with van der Waals surface area (Å²) in [5.74, 6) is -2.25. The summed E-state index contributed by atoms with van der Waals surface area (Å²) in [5.41, 5.74) is -2.08. The van der Waals surface area contributed by atoms with Gasteiger partial charge in [-0.25, -0.2) is 0 Å². The van der Waals surface area contributed by atoms with Crippen molar-refractivity contribution in [2.45, 2.75) is 212 Å². The number of cyclic esters (lactones) is 1. The van der Waals surface area contributed by atoms with Gasteiger partial charge in [0.05, 0.1) is 41.5 Å². The molecule has 3 fully saturated rings. The molecule has 14 heteroatoms. The lowest BCUT2D eigenvalue weighted by molar-refractivity contribution is -0.318. The Morgan fingerprint density at radius 1 is 0.934 bits per heavy atom. The second-order valence-electron chi connectivity index (χ2n) is 20.0. The van der Waals surface area contributed by atoms with Gasteiger partial charge in [0.15, 0.2) is 12.6 Å². The monoisotopic (exact) mass is 867 g/mol. The van der Waals surface area contributed by atoms with E-state index in [4.69, 9.17) is 28.4 Å².